The van der Waals surface area contributed by atoms with Crippen molar-refractivity contribution in [3.63, 3.8) is 0 Å². The van der Waals surface area contributed by atoms with E-state index in [1.54, 1.807) is 13.3 Å². The summed E-state index contributed by atoms with van der Waals surface area (Å²) in [6.45, 7) is 0. The highest BCUT2D eigenvalue weighted by Gasteiger charge is 2.24. The van der Waals surface area contributed by atoms with Crippen molar-refractivity contribution in [2.45, 2.75) is 30.6 Å². The molecule has 1 aromatic rings. The summed E-state index contributed by atoms with van der Waals surface area (Å²) in [5.74, 6) is 1.22. The van der Waals surface area contributed by atoms with E-state index in [0.29, 0.717) is 17.9 Å². The van der Waals surface area contributed by atoms with E-state index in [-0.39, 0.29) is 0 Å². The molecule has 1 N–H and O–H groups in total. The molecule has 0 radical (unpaired) electrons. The lowest BCUT2D eigenvalue weighted by molar-refractivity contribution is 0.394. The van der Waals surface area contributed by atoms with Crippen molar-refractivity contribution in [3.8, 4) is 5.88 Å². The highest BCUT2D eigenvalue weighted by atomic mass is 79.9. The predicted molar refractivity (Wildman–Crippen MR) is 74.8 cm³/mol. The van der Waals surface area contributed by atoms with Gasteiger partial charge < -0.3 is 10.1 Å². The molecule has 6 heteroatoms. The summed E-state index contributed by atoms with van der Waals surface area (Å²) in [5.41, 5.74) is 0. The first kappa shape index (κ1) is 13.0. The molecule has 0 spiro atoms. The van der Waals surface area contributed by atoms with Crippen LogP contribution >= 0.6 is 27.7 Å². The Labute approximate surface area is 114 Å². The number of nitrogens with one attached hydrogen (secondary N) is 1. The minimum atomic E-state index is 0.485. The maximum Gasteiger partial charge on any atom is 0.232 e. The summed E-state index contributed by atoms with van der Waals surface area (Å²) in [6.07, 6.45) is 7.53. The van der Waals surface area contributed by atoms with Gasteiger partial charge in [-0.2, -0.15) is 16.7 Å². The molecule has 1 aliphatic carbocycles. The Morgan fingerprint density at radius 1 is 1.53 bits per heavy atom. The molecular weight excluding hydrogens is 302 g/mol. The number of ether oxygens (including phenoxy) is 1. The lowest BCUT2D eigenvalue weighted by atomic mass is 10.2. The van der Waals surface area contributed by atoms with Crippen LogP contribution in [-0.2, 0) is 0 Å². The molecule has 0 bridgehead atoms. The number of halogens is 1. The average molecular weight is 318 g/mol. The number of aromatic nitrogens is 2. The van der Waals surface area contributed by atoms with Gasteiger partial charge >= 0.3 is 0 Å². The summed E-state index contributed by atoms with van der Waals surface area (Å²) in [4.78, 5) is 8.55. The zero-order chi connectivity index (χ0) is 12.3. The Bertz CT molecular complexity index is 391. The fourth-order valence-electron chi connectivity index (χ4n) is 2.03. The Morgan fingerprint density at radius 2 is 2.35 bits per heavy atom. The molecule has 1 saturated carbocycles. The van der Waals surface area contributed by atoms with Gasteiger partial charge in [-0.15, -0.1) is 0 Å². The number of hydrogen-bond donors (Lipinski definition) is 1. The second kappa shape index (κ2) is 5.91. The molecule has 0 saturated heterocycles. The van der Waals surface area contributed by atoms with Crippen molar-refractivity contribution < 1.29 is 4.74 Å². The molecule has 1 fully saturated rings. The van der Waals surface area contributed by atoms with Crippen LogP contribution in [0, 0.1) is 0 Å². The first-order valence-electron chi connectivity index (χ1n) is 5.58. The van der Waals surface area contributed by atoms with Crippen LogP contribution in [0.25, 0.3) is 0 Å². The number of hydrogen-bond acceptors (Lipinski definition) is 5. The maximum atomic E-state index is 5.15. The summed E-state index contributed by atoms with van der Waals surface area (Å²) in [6, 6.07) is 0.485. The fourth-order valence-corrected chi connectivity index (χ4v) is 3.18. The van der Waals surface area contributed by atoms with Gasteiger partial charge in [0.25, 0.3) is 0 Å². The van der Waals surface area contributed by atoms with E-state index in [1.165, 1.54) is 19.3 Å². The zero-order valence-corrected chi connectivity index (χ0v) is 12.3. The molecule has 0 aliphatic heterocycles. The van der Waals surface area contributed by atoms with E-state index < -0.39 is 0 Å². The molecule has 2 atom stereocenters. The molecule has 4 nitrogen and oxygen atoms in total. The number of rotatable bonds is 4. The largest absolute Gasteiger partial charge is 0.480 e. The van der Waals surface area contributed by atoms with E-state index in [1.807, 2.05) is 11.8 Å². The monoisotopic (exact) mass is 317 g/mol. The third-order valence-electron chi connectivity index (χ3n) is 2.96. The fraction of sp³-hybridized carbons (Fsp3) is 0.636. The maximum absolute atomic E-state index is 5.15. The number of thioether (sulfide) groups is 1. The van der Waals surface area contributed by atoms with Crippen LogP contribution in [0.15, 0.2) is 10.7 Å². The van der Waals surface area contributed by atoms with Crippen molar-refractivity contribution in [1.29, 1.82) is 0 Å². The summed E-state index contributed by atoms with van der Waals surface area (Å²) < 4.78 is 5.93. The Hall–Kier alpha value is -0.490. The number of methoxy groups -OCH3 is 1. The van der Waals surface area contributed by atoms with Crippen LogP contribution in [0.3, 0.4) is 0 Å². The van der Waals surface area contributed by atoms with E-state index >= 15 is 0 Å². The minimum Gasteiger partial charge on any atom is -0.480 e. The van der Waals surface area contributed by atoms with Crippen LogP contribution in [0.5, 0.6) is 5.88 Å². The average Bonchev–Trinajstić information content (AvgIpc) is 2.79. The Kier molecular flexibility index (Phi) is 4.50. The van der Waals surface area contributed by atoms with E-state index in [2.05, 4.69) is 37.5 Å². The lowest BCUT2D eigenvalue weighted by Crippen LogP contribution is -2.18. The van der Waals surface area contributed by atoms with E-state index in [9.17, 15) is 0 Å². The second-order valence-electron chi connectivity index (χ2n) is 4.06. The van der Waals surface area contributed by atoms with Gasteiger partial charge in [-0.25, -0.2) is 4.98 Å². The highest BCUT2D eigenvalue weighted by molar-refractivity contribution is 9.10. The van der Waals surface area contributed by atoms with Gasteiger partial charge in [-0.1, -0.05) is 0 Å². The molecule has 17 heavy (non-hydrogen) atoms. The molecule has 1 aromatic heterocycles. The molecule has 0 aromatic carbocycles. The predicted octanol–water partition coefficient (Wildman–Crippen LogP) is 2.94. The molecule has 2 rings (SSSR count). The van der Waals surface area contributed by atoms with Gasteiger partial charge in [-0.3, -0.25) is 0 Å². The Balaban J connectivity index is 1.99. The van der Waals surface area contributed by atoms with Crippen molar-refractivity contribution in [2.24, 2.45) is 0 Å². The van der Waals surface area contributed by atoms with Crippen LogP contribution in [0.4, 0.5) is 5.95 Å². The quantitative estimate of drug-likeness (QED) is 0.925. The van der Waals surface area contributed by atoms with E-state index in [0.717, 1.165) is 9.72 Å². The van der Waals surface area contributed by atoms with E-state index in [4.69, 9.17) is 4.74 Å². The molecule has 2 unspecified atom stereocenters. The minimum absolute atomic E-state index is 0.485. The zero-order valence-electron chi connectivity index (χ0n) is 9.94. The molecule has 1 aliphatic rings. The van der Waals surface area contributed by atoms with Gasteiger partial charge in [0.2, 0.25) is 11.8 Å². The van der Waals surface area contributed by atoms with Crippen molar-refractivity contribution in [3.05, 3.63) is 10.7 Å². The summed E-state index contributed by atoms with van der Waals surface area (Å²) >= 11 is 5.29. The normalized spacial score (nSPS) is 23.7. The Morgan fingerprint density at radius 3 is 3.00 bits per heavy atom. The highest BCUT2D eigenvalue weighted by Crippen LogP contribution is 2.30. The van der Waals surface area contributed by atoms with Gasteiger partial charge in [0.05, 0.1) is 17.8 Å². The molecular formula is C11H16BrN3OS. The lowest BCUT2D eigenvalue weighted by Gasteiger charge is -2.13. The van der Waals surface area contributed by atoms with Gasteiger partial charge in [0.15, 0.2) is 0 Å². The smallest absolute Gasteiger partial charge is 0.232 e. The summed E-state index contributed by atoms with van der Waals surface area (Å²) in [5, 5.41) is 4.14. The third-order valence-corrected chi connectivity index (χ3v) is 4.60. The van der Waals surface area contributed by atoms with Gasteiger partial charge in [-0.05, 0) is 41.4 Å². The third kappa shape index (κ3) is 3.25. The van der Waals surface area contributed by atoms with Crippen molar-refractivity contribution in [1.82, 2.24) is 9.97 Å². The van der Waals surface area contributed by atoms with Crippen LogP contribution < -0.4 is 10.1 Å². The summed E-state index contributed by atoms with van der Waals surface area (Å²) in [7, 11) is 1.61. The topological polar surface area (TPSA) is 47.0 Å². The standard InChI is InChI=1S/C11H16BrN3OS/c1-16-10-9(12)6-13-11(15-10)14-7-3-4-8(5-7)17-2/h6-8H,3-5H2,1-2H3,(H,13,14,15). The number of anilines is 1. The number of nitrogens with zero attached hydrogens (tertiary/aromatic N) is 2. The molecule has 1 heterocycles. The molecule has 0 amide bonds. The SMILES string of the molecule is COc1nc(NC2CCC(SC)C2)ncc1Br. The second-order valence-corrected chi connectivity index (χ2v) is 6.06. The van der Waals surface area contributed by atoms with Crippen LogP contribution in [-0.4, -0.2) is 34.6 Å². The first-order valence-corrected chi connectivity index (χ1v) is 7.67. The van der Waals surface area contributed by atoms with Gasteiger partial charge in [0, 0.05) is 11.3 Å². The van der Waals surface area contributed by atoms with Crippen LogP contribution in [0.2, 0.25) is 0 Å². The van der Waals surface area contributed by atoms with Crippen molar-refractivity contribution in [2.75, 3.05) is 18.7 Å². The first-order chi connectivity index (χ1) is 8.22. The van der Waals surface area contributed by atoms with Crippen molar-refractivity contribution >= 4 is 33.6 Å². The molecule has 94 valence electrons. The van der Waals surface area contributed by atoms with Crippen LogP contribution in [0.1, 0.15) is 19.3 Å². The van der Waals surface area contributed by atoms with Gasteiger partial charge in [0.1, 0.15) is 0 Å².